The van der Waals surface area contributed by atoms with Crippen LogP contribution in [0.2, 0.25) is 0 Å². The fourth-order valence-electron chi connectivity index (χ4n) is 4.25. The third-order valence-electron chi connectivity index (χ3n) is 5.84. The second kappa shape index (κ2) is 8.96. The number of fused-ring (bicyclic) bond motifs is 2. The van der Waals surface area contributed by atoms with Crippen molar-refractivity contribution in [3.63, 3.8) is 0 Å². The largest absolute Gasteiger partial charge is 0.465 e. The van der Waals surface area contributed by atoms with Gasteiger partial charge in [-0.3, -0.25) is 9.78 Å². The lowest BCUT2D eigenvalue weighted by atomic mass is 9.87. The number of pyridine rings is 1. The van der Waals surface area contributed by atoms with E-state index in [4.69, 9.17) is 4.74 Å². The van der Waals surface area contributed by atoms with Crippen molar-refractivity contribution in [2.24, 2.45) is 0 Å². The Morgan fingerprint density at radius 1 is 0.970 bits per heavy atom. The number of anilines is 1. The number of nitrogens with zero attached hydrogens (tertiary/aromatic N) is 2. The van der Waals surface area contributed by atoms with E-state index in [1.54, 1.807) is 18.5 Å². The van der Waals surface area contributed by atoms with Gasteiger partial charge in [0.05, 0.1) is 23.5 Å². The number of thiazole rings is 1. The molecule has 2 aromatic heterocycles. The highest BCUT2D eigenvalue weighted by Gasteiger charge is 2.29. The summed E-state index contributed by atoms with van der Waals surface area (Å²) in [6.07, 6.45) is 6.60. The van der Waals surface area contributed by atoms with Crippen LogP contribution in [0, 0.1) is 0 Å². The number of hydrogen-bond donors (Lipinski definition) is 1. The van der Waals surface area contributed by atoms with Crippen LogP contribution in [0.15, 0.2) is 73.2 Å². The van der Waals surface area contributed by atoms with Crippen molar-refractivity contribution in [3.8, 4) is 10.4 Å². The Hall–Kier alpha value is -3.84. The number of nitrogens with one attached hydrogen (secondary N) is 1. The number of methoxy groups -OCH3 is 1. The predicted molar refractivity (Wildman–Crippen MR) is 127 cm³/mol. The maximum absolute atomic E-state index is 13.6. The second-order valence-corrected chi connectivity index (χ2v) is 8.83. The number of rotatable bonds is 4. The van der Waals surface area contributed by atoms with Crippen LogP contribution in [0.5, 0.6) is 0 Å². The Balaban J connectivity index is 1.45. The number of carbonyl (C=O) groups is 2. The summed E-state index contributed by atoms with van der Waals surface area (Å²) in [6, 6.07) is 18.0. The van der Waals surface area contributed by atoms with Crippen LogP contribution in [0.3, 0.4) is 0 Å². The normalized spacial score (nSPS) is 12.9. The van der Waals surface area contributed by atoms with Gasteiger partial charge in [0.1, 0.15) is 0 Å². The van der Waals surface area contributed by atoms with Gasteiger partial charge in [0, 0.05) is 24.2 Å². The standard InChI is InChI=1S/C26H21N3O3S/c1-32-25(31)19-12-18(13-27-14-19)22-15-28-26(33-22)29-24(30)23-20-8-4-2-6-16(20)10-11-17-7-3-5-9-21(17)23/h2-9,12-15,23H,10-11H2,1H3,(H,28,29,30). The molecule has 0 spiro atoms. The molecule has 0 fully saturated rings. The minimum absolute atomic E-state index is 0.112. The number of carbonyl (C=O) groups excluding carboxylic acids is 2. The SMILES string of the molecule is COC(=O)c1cncc(-c2cnc(NC(=O)C3c4ccccc4CCc4ccccc43)s2)c1. The van der Waals surface area contributed by atoms with Gasteiger partial charge in [-0.25, -0.2) is 9.78 Å². The van der Waals surface area contributed by atoms with Gasteiger partial charge < -0.3 is 10.1 Å². The number of aryl methyl sites for hydroxylation is 2. The third kappa shape index (κ3) is 4.15. The van der Waals surface area contributed by atoms with E-state index in [1.165, 1.54) is 35.8 Å². The lowest BCUT2D eigenvalue weighted by Gasteiger charge is -2.19. The van der Waals surface area contributed by atoms with Crippen LogP contribution >= 0.6 is 11.3 Å². The number of amides is 1. The van der Waals surface area contributed by atoms with E-state index in [2.05, 4.69) is 27.4 Å². The van der Waals surface area contributed by atoms with Gasteiger partial charge in [0.25, 0.3) is 0 Å². The van der Waals surface area contributed by atoms with Gasteiger partial charge in [-0.1, -0.05) is 59.9 Å². The zero-order valence-corrected chi connectivity index (χ0v) is 18.8. The first-order valence-electron chi connectivity index (χ1n) is 10.6. The highest BCUT2D eigenvalue weighted by Crippen LogP contribution is 2.36. The van der Waals surface area contributed by atoms with Crippen LogP contribution in [-0.2, 0) is 22.4 Å². The maximum atomic E-state index is 13.6. The summed E-state index contributed by atoms with van der Waals surface area (Å²) in [5, 5.41) is 3.51. The molecule has 0 aliphatic heterocycles. The minimum atomic E-state index is -0.451. The lowest BCUT2D eigenvalue weighted by Crippen LogP contribution is -2.23. The molecular weight excluding hydrogens is 434 g/mol. The van der Waals surface area contributed by atoms with Gasteiger partial charge in [-0.2, -0.15) is 0 Å². The maximum Gasteiger partial charge on any atom is 0.339 e. The molecule has 5 rings (SSSR count). The van der Waals surface area contributed by atoms with Gasteiger partial charge in [0.15, 0.2) is 5.13 Å². The Kier molecular flexibility index (Phi) is 5.71. The highest BCUT2D eigenvalue weighted by molar-refractivity contribution is 7.19. The molecule has 2 aromatic carbocycles. The summed E-state index contributed by atoms with van der Waals surface area (Å²) in [5.41, 5.74) is 5.55. The molecule has 0 atom stereocenters. The number of hydrogen-bond acceptors (Lipinski definition) is 6. The predicted octanol–water partition coefficient (Wildman–Crippen LogP) is 4.86. The van der Waals surface area contributed by atoms with Crippen molar-refractivity contribution in [2.75, 3.05) is 12.4 Å². The molecule has 33 heavy (non-hydrogen) atoms. The molecule has 0 unspecified atom stereocenters. The molecule has 1 aliphatic carbocycles. The zero-order valence-electron chi connectivity index (χ0n) is 17.9. The zero-order chi connectivity index (χ0) is 22.8. The van der Waals surface area contributed by atoms with Crippen LogP contribution < -0.4 is 5.32 Å². The van der Waals surface area contributed by atoms with E-state index in [0.29, 0.717) is 10.7 Å². The quantitative estimate of drug-likeness (QED) is 0.445. The monoisotopic (exact) mass is 455 g/mol. The molecule has 0 bridgehead atoms. The molecule has 2 heterocycles. The summed E-state index contributed by atoms with van der Waals surface area (Å²) >= 11 is 1.34. The van der Waals surface area contributed by atoms with E-state index in [0.717, 1.165) is 34.4 Å². The van der Waals surface area contributed by atoms with Crippen molar-refractivity contribution in [1.29, 1.82) is 0 Å². The molecule has 4 aromatic rings. The fourth-order valence-corrected chi connectivity index (χ4v) is 5.05. The third-order valence-corrected chi connectivity index (χ3v) is 6.80. The Morgan fingerprint density at radius 3 is 2.30 bits per heavy atom. The van der Waals surface area contributed by atoms with Crippen molar-refractivity contribution in [2.45, 2.75) is 18.8 Å². The first-order chi connectivity index (χ1) is 16.1. The van der Waals surface area contributed by atoms with Gasteiger partial charge in [-0.05, 0) is 41.2 Å². The first-order valence-corrected chi connectivity index (χ1v) is 11.4. The minimum Gasteiger partial charge on any atom is -0.465 e. The number of esters is 1. The van der Waals surface area contributed by atoms with E-state index < -0.39 is 11.9 Å². The molecule has 1 aliphatic rings. The van der Waals surface area contributed by atoms with Gasteiger partial charge in [0.2, 0.25) is 5.91 Å². The van der Waals surface area contributed by atoms with Crippen LogP contribution in [0.1, 0.15) is 38.5 Å². The molecule has 1 N–H and O–H groups in total. The summed E-state index contributed by atoms with van der Waals surface area (Å²) in [4.78, 5) is 34.7. The highest BCUT2D eigenvalue weighted by atomic mass is 32.1. The molecule has 0 saturated heterocycles. The summed E-state index contributed by atoms with van der Waals surface area (Å²) < 4.78 is 4.77. The Bertz CT molecular complexity index is 1300. The van der Waals surface area contributed by atoms with E-state index in [1.807, 2.05) is 36.4 Å². The van der Waals surface area contributed by atoms with E-state index in [9.17, 15) is 9.59 Å². The Labute approximate surface area is 195 Å². The van der Waals surface area contributed by atoms with Crippen molar-refractivity contribution in [3.05, 3.63) is 101 Å². The molecule has 6 nitrogen and oxygen atoms in total. The van der Waals surface area contributed by atoms with Crippen molar-refractivity contribution >= 4 is 28.3 Å². The molecule has 1 amide bonds. The molecule has 0 saturated carbocycles. The van der Waals surface area contributed by atoms with Crippen molar-refractivity contribution < 1.29 is 14.3 Å². The van der Waals surface area contributed by atoms with Crippen LogP contribution in [-0.4, -0.2) is 29.0 Å². The van der Waals surface area contributed by atoms with Crippen LogP contribution in [0.25, 0.3) is 10.4 Å². The first kappa shape index (κ1) is 21.0. The summed E-state index contributed by atoms with van der Waals surface area (Å²) in [6.45, 7) is 0. The molecule has 0 radical (unpaired) electrons. The lowest BCUT2D eigenvalue weighted by molar-refractivity contribution is -0.116. The number of benzene rings is 2. The topological polar surface area (TPSA) is 81.2 Å². The molecule has 164 valence electrons. The average molecular weight is 456 g/mol. The number of ether oxygens (including phenoxy) is 1. The Morgan fingerprint density at radius 2 is 1.64 bits per heavy atom. The molecular formula is C26H21N3O3S. The van der Waals surface area contributed by atoms with Crippen molar-refractivity contribution in [1.82, 2.24) is 9.97 Å². The second-order valence-electron chi connectivity index (χ2n) is 7.80. The van der Waals surface area contributed by atoms with E-state index in [-0.39, 0.29) is 5.91 Å². The summed E-state index contributed by atoms with van der Waals surface area (Å²) in [5.74, 6) is -0.969. The molecule has 7 heteroatoms. The number of aromatic nitrogens is 2. The average Bonchev–Trinajstić information content (AvgIpc) is 3.25. The van der Waals surface area contributed by atoms with Gasteiger partial charge in [-0.15, -0.1) is 0 Å². The fraction of sp³-hybridized carbons (Fsp3) is 0.154. The van der Waals surface area contributed by atoms with E-state index >= 15 is 0 Å². The van der Waals surface area contributed by atoms with Gasteiger partial charge >= 0.3 is 5.97 Å². The van der Waals surface area contributed by atoms with Crippen LogP contribution in [0.4, 0.5) is 5.13 Å². The summed E-state index contributed by atoms with van der Waals surface area (Å²) in [7, 11) is 1.33. The smallest absolute Gasteiger partial charge is 0.339 e.